The highest BCUT2D eigenvalue weighted by Gasteiger charge is 2.06. The number of hydrogen-bond donors (Lipinski definition) is 0. The van der Waals surface area contributed by atoms with Crippen molar-refractivity contribution < 1.29 is 9.59 Å². The molecular weight excluding hydrogens is 132 g/mol. The Labute approximate surface area is 59.7 Å². The fourth-order valence-corrected chi connectivity index (χ4v) is 0.450. The lowest BCUT2D eigenvalue weighted by Crippen LogP contribution is -2.32. The van der Waals surface area contributed by atoms with Gasteiger partial charge in [0.1, 0.15) is 5.94 Å². The normalized spacial score (nSPS) is 7.90. The first-order chi connectivity index (χ1) is 4.59. The van der Waals surface area contributed by atoms with Crippen molar-refractivity contribution in [3.63, 3.8) is 0 Å². The van der Waals surface area contributed by atoms with Crippen LogP contribution in [0.4, 0.5) is 4.79 Å². The van der Waals surface area contributed by atoms with Gasteiger partial charge in [0.2, 0.25) is 0 Å². The molecule has 2 amide bonds. The summed E-state index contributed by atoms with van der Waals surface area (Å²) in [6.45, 7) is 0. The van der Waals surface area contributed by atoms with Crippen LogP contribution in [-0.2, 0) is 4.79 Å². The summed E-state index contributed by atoms with van der Waals surface area (Å²) in [6, 6.07) is -0.247. The fourth-order valence-electron chi connectivity index (χ4n) is 0.450. The van der Waals surface area contributed by atoms with Crippen LogP contribution >= 0.6 is 0 Å². The minimum atomic E-state index is -0.247. The summed E-state index contributed by atoms with van der Waals surface area (Å²) < 4.78 is 0. The first-order valence-electron chi connectivity index (χ1n) is 2.74. The number of carbonyl (C=O) groups excluding carboxylic acids is 2. The molecule has 0 aromatic carbocycles. The lowest BCUT2D eigenvalue weighted by molar-refractivity contribution is 0.196. The van der Waals surface area contributed by atoms with Crippen LogP contribution < -0.4 is 0 Å². The topological polar surface area (TPSA) is 40.6 Å². The van der Waals surface area contributed by atoms with Crippen LogP contribution in [0, 0.1) is 0 Å². The molecule has 0 aliphatic heterocycles. The van der Waals surface area contributed by atoms with Crippen LogP contribution in [0.1, 0.15) is 0 Å². The van der Waals surface area contributed by atoms with Gasteiger partial charge in [-0.25, -0.2) is 9.59 Å². The van der Waals surface area contributed by atoms with Crippen LogP contribution in [0.2, 0.25) is 0 Å². The standard InChI is InChI=1S/C6H10N2O2/c1-7(2)6(10)8(3)4-5-9/h4H,1-3H3. The van der Waals surface area contributed by atoms with Gasteiger partial charge in [-0.1, -0.05) is 0 Å². The Hall–Kier alpha value is -1.28. The molecule has 0 bridgehead atoms. The zero-order valence-electron chi connectivity index (χ0n) is 6.29. The second kappa shape index (κ2) is 3.69. The van der Waals surface area contributed by atoms with Crippen molar-refractivity contribution in [1.29, 1.82) is 0 Å². The highest BCUT2D eigenvalue weighted by molar-refractivity contribution is 5.76. The predicted molar refractivity (Wildman–Crippen MR) is 37.1 cm³/mol. The smallest absolute Gasteiger partial charge is 0.323 e. The zero-order chi connectivity index (χ0) is 8.15. The van der Waals surface area contributed by atoms with E-state index in [1.54, 1.807) is 14.1 Å². The van der Waals surface area contributed by atoms with Crippen molar-refractivity contribution in [2.45, 2.75) is 0 Å². The minimum absolute atomic E-state index is 0.247. The predicted octanol–water partition coefficient (Wildman–Crippen LogP) is -0.0549. The van der Waals surface area contributed by atoms with Crippen molar-refractivity contribution in [2.24, 2.45) is 0 Å². The Bertz CT molecular complexity index is 171. The fraction of sp³-hybridized carbons (Fsp3) is 0.500. The summed E-state index contributed by atoms with van der Waals surface area (Å²) in [4.78, 5) is 23.2. The van der Waals surface area contributed by atoms with Crippen molar-refractivity contribution in [3.05, 3.63) is 6.20 Å². The number of hydrogen-bond acceptors (Lipinski definition) is 2. The van der Waals surface area contributed by atoms with Gasteiger partial charge in [-0.2, -0.15) is 0 Å². The summed E-state index contributed by atoms with van der Waals surface area (Å²) in [5.74, 6) is 1.51. The molecule has 0 rings (SSSR count). The van der Waals surface area contributed by atoms with E-state index < -0.39 is 0 Å². The Morgan fingerprint density at radius 2 is 1.90 bits per heavy atom. The van der Waals surface area contributed by atoms with Crippen LogP contribution in [0.25, 0.3) is 0 Å². The minimum Gasteiger partial charge on any atom is -0.330 e. The van der Waals surface area contributed by atoms with E-state index >= 15 is 0 Å². The van der Waals surface area contributed by atoms with Gasteiger partial charge in [-0.05, 0) is 0 Å². The molecule has 56 valence electrons. The van der Waals surface area contributed by atoms with Crippen LogP contribution in [0.3, 0.4) is 0 Å². The number of urea groups is 1. The van der Waals surface area contributed by atoms with E-state index in [0.717, 1.165) is 11.1 Å². The van der Waals surface area contributed by atoms with E-state index in [1.807, 2.05) is 0 Å². The van der Waals surface area contributed by atoms with Gasteiger partial charge in [0, 0.05) is 21.1 Å². The maximum Gasteiger partial charge on any atom is 0.323 e. The van der Waals surface area contributed by atoms with E-state index in [2.05, 4.69) is 0 Å². The molecule has 0 spiro atoms. The number of carbonyl (C=O) groups is 1. The SMILES string of the molecule is CN(C)C(=O)N(C)C=C=O. The molecule has 0 heterocycles. The Kier molecular flexibility index (Phi) is 3.22. The summed E-state index contributed by atoms with van der Waals surface area (Å²) in [6.07, 6.45) is 1.04. The Balaban J connectivity index is 4.07. The monoisotopic (exact) mass is 142 g/mol. The molecule has 0 saturated heterocycles. The molecule has 0 atom stereocenters. The van der Waals surface area contributed by atoms with Gasteiger partial charge in [-0.15, -0.1) is 0 Å². The molecule has 0 aromatic rings. The first-order valence-corrected chi connectivity index (χ1v) is 2.74. The number of nitrogens with zero attached hydrogens (tertiary/aromatic N) is 2. The summed E-state index contributed by atoms with van der Waals surface area (Å²) >= 11 is 0. The molecule has 0 aromatic heterocycles. The molecule has 0 unspecified atom stereocenters. The van der Waals surface area contributed by atoms with Crippen LogP contribution in [0.15, 0.2) is 6.20 Å². The van der Waals surface area contributed by atoms with Gasteiger partial charge >= 0.3 is 6.03 Å². The first kappa shape index (κ1) is 8.72. The van der Waals surface area contributed by atoms with Crippen molar-refractivity contribution in [1.82, 2.24) is 9.80 Å². The highest BCUT2D eigenvalue weighted by atomic mass is 16.2. The van der Waals surface area contributed by atoms with Crippen molar-refractivity contribution in [3.8, 4) is 0 Å². The van der Waals surface area contributed by atoms with Gasteiger partial charge in [0.25, 0.3) is 0 Å². The third-order valence-corrected chi connectivity index (χ3v) is 0.931. The molecule has 4 heteroatoms. The second-order valence-electron chi connectivity index (χ2n) is 2.03. The summed E-state index contributed by atoms with van der Waals surface area (Å²) in [5.41, 5.74) is 0. The number of rotatable bonds is 1. The van der Waals surface area contributed by atoms with Gasteiger partial charge in [0.05, 0.1) is 6.20 Å². The van der Waals surface area contributed by atoms with E-state index in [9.17, 15) is 9.59 Å². The molecule has 0 fully saturated rings. The average molecular weight is 142 g/mol. The molecule has 0 radical (unpaired) electrons. The molecule has 4 nitrogen and oxygen atoms in total. The van der Waals surface area contributed by atoms with E-state index in [1.165, 1.54) is 17.9 Å². The maximum absolute atomic E-state index is 10.9. The van der Waals surface area contributed by atoms with E-state index in [0.29, 0.717) is 0 Å². The quantitative estimate of drug-likeness (QED) is 0.481. The van der Waals surface area contributed by atoms with Gasteiger partial charge in [0.15, 0.2) is 0 Å². The lowest BCUT2D eigenvalue weighted by atomic mass is 10.7. The maximum atomic E-state index is 10.9. The van der Waals surface area contributed by atoms with Crippen molar-refractivity contribution >= 4 is 12.0 Å². The Morgan fingerprint density at radius 1 is 1.40 bits per heavy atom. The number of amides is 2. The van der Waals surface area contributed by atoms with E-state index in [4.69, 9.17) is 0 Å². The third-order valence-electron chi connectivity index (χ3n) is 0.931. The summed E-state index contributed by atoms with van der Waals surface area (Å²) in [5, 5.41) is 0. The van der Waals surface area contributed by atoms with Gasteiger partial charge < -0.3 is 4.90 Å². The third kappa shape index (κ3) is 2.33. The molecule has 10 heavy (non-hydrogen) atoms. The molecule has 0 aliphatic rings. The van der Waals surface area contributed by atoms with E-state index in [-0.39, 0.29) is 6.03 Å². The average Bonchev–Trinajstić information content (AvgIpc) is 1.87. The summed E-state index contributed by atoms with van der Waals surface area (Å²) in [7, 11) is 4.71. The van der Waals surface area contributed by atoms with Gasteiger partial charge in [-0.3, -0.25) is 4.90 Å². The lowest BCUT2D eigenvalue weighted by Gasteiger charge is -2.15. The highest BCUT2D eigenvalue weighted by Crippen LogP contribution is 1.88. The Morgan fingerprint density at radius 3 is 2.20 bits per heavy atom. The molecule has 0 saturated carbocycles. The molecular formula is C6H10N2O2. The van der Waals surface area contributed by atoms with Crippen LogP contribution in [-0.4, -0.2) is 42.9 Å². The van der Waals surface area contributed by atoms with Crippen molar-refractivity contribution in [2.75, 3.05) is 21.1 Å². The zero-order valence-corrected chi connectivity index (χ0v) is 6.29. The molecule has 0 aliphatic carbocycles. The second-order valence-corrected chi connectivity index (χ2v) is 2.03. The van der Waals surface area contributed by atoms with Crippen LogP contribution in [0.5, 0.6) is 0 Å². The molecule has 0 N–H and O–H groups in total. The largest absolute Gasteiger partial charge is 0.330 e.